The minimum absolute atomic E-state index is 0.0436. The second-order valence-corrected chi connectivity index (χ2v) is 3.30. The van der Waals surface area contributed by atoms with E-state index in [2.05, 4.69) is 0 Å². The fraction of sp³-hybridized carbons (Fsp3) is 1.00. The van der Waals surface area contributed by atoms with Crippen LogP contribution >= 0.6 is 0 Å². The van der Waals surface area contributed by atoms with Crippen LogP contribution in [0.15, 0.2) is 0 Å². The molecule has 3 nitrogen and oxygen atoms in total. The molecule has 1 saturated heterocycles. The van der Waals surface area contributed by atoms with Gasteiger partial charge in [0, 0.05) is 0 Å². The minimum atomic E-state index is -0.520. The van der Waals surface area contributed by atoms with E-state index in [4.69, 9.17) is 14.6 Å². The van der Waals surface area contributed by atoms with E-state index < -0.39 is 5.79 Å². The van der Waals surface area contributed by atoms with Gasteiger partial charge in [-0.2, -0.15) is 0 Å². The van der Waals surface area contributed by atoms with E-state index in [1.807, 2.05) is 20.8 Å². The average molecular weight is 160 g/mol. The molecule has 0 saturated carbocycles. The average Bonchev–Trinajstić information content (AvgIpc) is 2.25. The van der Waals surface area contributed by atoms with E-state index in [-0.39, 0.29) is 18.8 Å². The van der Waals surface area contributed by atoms with Crippen molar-refractivity contribution in [1.82, 2.24) is 0 Å². The Labute approximate surface area is 67.3 Å². The summed E-state index contributed by atoms with van der Waals surface area (Å²) in [6.07, 6.45) is 0.791. The lowest BCUT2D eigenvalue weighted by Crippen LogP contribution is -2.25. The predicted octanol–water partition coefficient (Wildman–Crippen LogP) is 0.909. The highest BCUT2D eigenvalue weighted by atomic mass is 16.8. The van der Waals surface area contributed by atoms with Gasteiger partial charge in [-0.15, -0.1) is 0 Å². The summed E-state index contributed by atoms with van der Waals surface area (Å²) in [5.41, 5.74) is 0. The molecule has 11 heavy (non-hydrogen) atoms. The lowest BCUT2D eigenvalue weighted by Gasteiger charge is -2.16. The largest absolute Gasteiger partial charge is 0.394 e. The topological polar surface area (TPSA) is 38.7 Å². The SMILES string of the molecule is CC[C@H]1OC(C)(C)O[C@@H]1CO. The second kappa shape index (κ2) is 3.09. The van der Waals surface area contributed by atoms with Crippen LogP contribution in [-0.4, -0.2) is 29.7 Å². The van der Waals surface area contributed by atoms with E-state index in [9.17, 15) is 0 Å². The van der Waals surface area contributed by atoms with Crippen LogP contribution in [0.3, 0.4) is 0 Å². The standard InChI is InChI=1S/C8H16O3/c1-4-6-7(5-9)11-8(2,3)10-6/h6-7,9H,4-5H2,1-3H3/t6-,7-/m1/s1. The molecule has 66 valence electrons. The Morgan fingerprint density at radius 3 is 2.18 bits per heavy atom. The van der Waals surface area contributed by atoms with Crippen LogP contribution in [0.1, 0.15) is 27.2 Å². The zero-order valence-electron chi connectivity index (χ0n) is 7.33. The van der Waals surface area contributed by atoms with Crippen molar-refractivity contribution in [2.45, 2.75) is 45.2 Å². The first-order valence-corrected chi connectivity index (χ1v) is 4.05. The molecule has 0 unspecified atom stereocenters. The molecular formula is C8H16O3. The Morgan fingerprint density at radius 2 is 1.82 bits per heavy atom. The van der Waals surface area contributed by atoms with Crippen LogP contribution in [0.5, 0.6) is 0 Å². The van der Waals surface area contributed by atoms with Crippen molar-refractivity contribution in [2.24, 2.45) is 0 Å². The smallest absolute Gasteiger partial charge is 0.163 e. The second-order valence-electron chi connectivity index (χ2n) is 3.30. The first kappa shape index (κ1) is 8.97. The molecular weight excluding hydrogens is 144 g/mol. The minimum Gasteiger partial charge on any atom is -0.394 e. The molecule has 0 aliphatic carbocycles. The summed E-state index contributed by atoms with van der Waals surface area (Å²) in [6.45, 7) is 5.80. The third-order valence-corrected chi connectivity index (χ3v) is 1.87. The maximum absolute atomic E-state index is 8.89. The summed E-state index contributed by atoms with van der Waals surface area (Å²) in [6, 6.07) is 0. The highest BCUT2D eigenvalue weighted by Gasteiger charge is 2.39. The summed E-state index contributed by atoms with van der Waals surface area (Å²) in [7, 11) is 0. The number of rotatable bonds is 2. The monoisotopic (exact) mass is 160 g/mol. The first-order chi connectivity index (χ1) is 5.09. The normalized spacial score (nSPS) is 36.0. The van der Waals surface area contributed by atoms with Crippen LogP contribution in [0.2, 0.25) is 0 Å². The van der Waals surface area contributed by atoms with Crippen molar-refractivity contribution >= 4 is 0 Å². The lowest BCUT2D eigenvalue weighted by molar-refractivity contribution is -0.149. The number of aliphatic hydroxyl groups excluding tert-OH is 1. The van der Waals surface area contributed by atoms with Crippen LogP contribution < -0.4 is 0 Å². The molecule has 0 aromatic carbocycles. The molecule has 1 aliphatic heterocycles. The fourth-order valence-corrected chi connectivity index (χ4v) is 1.41. The highest BCUT2D eigenvalue weighted by molar-refractivity contribution is 4.79. The fourth-order valence-electron chi connectivity index (χ4n) is 1.41. The van der Waals surface area contributed by atoms with E-state index in [0.717, 1.165) is 6.42 Å². The third kappa shape index (κ3) is 1.92. The Hall–Kier alpha value is -0.120. The Kier molecular flexibility index (Phi) is 2.52. The zero-order valence-corrected chi connectivity index (χ0v) is 7.33. The van der Waals surface area contributed by atoms with Gasteiger partial charge in [0.1, 0.15) is 6.10 Å². The lowest BCUT2D eigenvalue weighted by atomic mass is 10.2. The van der Waals surface area contributed by atoms with Gasteiger partial charge >= 0.3 is 0 Å². The highest BCUT2D eigenvalue weighted by Crippen LogP contribution is 2.29. The molecule has 3 heteroatoms. The van der Waals surface area contributed by atoms with E-state index in [0.29, 0.717) is 0 Å². The van der Waals surface area contributed by atoms with E-state index >= 15 is 0 Å². The maximum Gasteiger partial charge on any atom is 0.163 e. The van der Waals surface area contributed by atoms with Crippen LogP contribution in [-0.2, 0) is 9.47 Å². The van der Waals surface area contributed by atoms with Crippen LogP contribution in [0.25, 0.3) is 0 Å². The molecule has 0 bridgehead atoms. The van der Waals surface area contributed by atoms with Crippen molar-refractivity contribution in [1.29, 1.82) is 0 Å². The Morgan fingerprint density at radius 1 is 1.27 bits per heavy atom. The van der Waals surface area contributed by atoms with Crippen LogP contribution in [0.4, 0.5) is 0 Å². The Balaban J connectivity index is 2.55. The number of hydrogen-bond acceptors (Lipinski definition) is 3. The van der Waals surface area contributed by atoms with Gasteiger partial charge in [0.15, 0.2) is 5.79 Å². The van der Waals surface area contributed by atoms with Crippen molar-refractivity contribution < 1.29 is 14.6 Å². The van der Waals surface area contributed by atoms with Crippen molar-refractivity contribution in [3.8, 4) is 0 Å². The first-order valence-electron chi connectivity index (χ1n) is 4.05. The van der Waals surface area contributed by atoms with Gasteiger partial charge in [0.25, 0.3) is 0 Å². The summed E-state index contributed by atoms with van der Waals surface area (Å²) in [5, 5.41) is 8.89. The summed E-state index contributed by atoms with van der Waals surface area (Å²) in [4.78, 5) is 0. The molecule has 1 N–H and O–H groups in total. The predicted molar refractivity (Wildman–Crippen MR) is 41.2 cm³/mol. The molecule has 2 atom stereocenters. The number of ether oxygens (including phenoxy) is 2. The third-order valence-electron chi connectivity index (χ3n) is 1.87. The molecule has 0 amide bonds. The molecule has 0 aromatic rings. The van der Waals surface area contributed by atoms with Gasteiger partial charge in [0.05, 0.1) is 12.7 Å². The van der Waals surface area contributed by atoms with Gasteiger partial charge in [-0.3, -0.25) is 0 Å². The summed E-state index contributed by atoms with van der Waals surface area (Å²) < 4.78 is 10.9. The molecule has 0 radical (unpaired) electrons. The van der Waals surface area contributed by atoms with Gasteiger partial charge < -0.3 is 14.6 Å². The number of aliphatic hydroxyl groups is 1. The molecule has 1 aliphatic rings. The maximum atomic E-state index is 8.89. The summed E-state index contributed by atoms with van der Waals surface area (Å²) >= 11 is 0. The van der Waals surface area contributed by atoms with Crippen LogP contribution in [0, 0.1) is 0 Å². The van der Waals surface area contributed by atoms with Crippen molar-refractivity contribution in [2.75, 3.05) is 6.61 Å². The molecule has 1 heterocycles. The van der Waals surface area contributed by atoms with Gasteiger partial charge in [-0.05, 0) is 20.3 Å². The molecule has 1 fully saturated rings. The molecule has 0 spiro atoms. The molecule has 1 rings (SSSR count). The summed E-state index contributed by atoms with van der Waals surface area (Å²) in [5.74, 6) is -0.520. The quantitative estimate of drug-likeness (QED) is 0.652. The van der Waals surface area contributed by atoms with Crippen molar-refractivity contribution in [3.05, 3.63) is 0 Å². The number of hydrogen-bond donors (Lipinski definition) is 1. The van der Waals surface area contributed by atoms with Gasteiger partial charge in [-0.1, -0.05) is 6.92 Å². The van der Waals surface area contributed by atoms with E-state index in [1.165, 1.54) is 0 Å². The van der Waals surface area contributed by atoms with Crippen molar-refractivity contribution in [3.63, 3.8) is 0 Å². The zero-order chi connectivity index (χ0) is 8.48. The van der Waals surface area contributed by atoms with E-state index in [1.54, 1.807) is 0 Å². The van der Waals surface area contributed by atoms with Gasteiger partial charge in [0.2, 0.25) is 0 Å². The van der Waals surface area contributed by atoms with Gasteiger partial charge in [-0.25, -0.2) is 0 Å². The Bertz CT molecular complexity index is 119. The molecule has 0 aromatic heterocycles.